The van der Waals surface area contributed by atoms with Crippen LogP contribution in [0.2, 0.25) is 0 Å². The van der Waals surface area contributed by atoms with E-state index in [1.54, 1.807) is 0 Å². The summed E-state index contributed by atoms with van der Waals surface area (Å²) < 4.78 is 5.74. The van der Waals surface area contributed by atoms with Crippen LogP contribution in [-0.2, 0) is 0 Å². The Balaban J connectivity index is 2.29. The van der Waals surface area contributed by atoms with Crippen molar-refractivity contribution in [3.05, 3.63) is 33.9 Å². The number of ether oxygens (including phenoxy) is 1. The highest BCUT2D eigenvalue weighted by atomic mass is 16.6. The van der Waals surface area contributed by atoms with Crippen LogP contribution in [-0.4, -0.2) is 22.1 Å². The van der Waals surface area contributed by atoms with Gasteiger partial charge < -0.3 is 9.84 Å². The van der Waals surface area contributed by atoms with Crippen molar-refractivity contribution in [2.24, 2.45) is 11.8 Å². The fourth-order valence-electron chi connectivity index (χ4n) is 2.73. The van der Waals surface area contributed by atoms with Crippen LogP contribution < -0.4 is 4.74 Å². The second kappa shape index (κ2) is 6.11. The van der Waals surface area contributed by atoms with Gasteiger partial charge >= 0.3 is 11.7 Å². The maximum atomic E-state index is 11.3. The van der Waals surface area contributed by atoms with Crippen molar-refractivity contribution in [2.45, 2.75) is 39.2 Å². The van der Waals surface area contributed by atoms with Crippen LogP contribution in [0.4, 0.5) is 5.69 Å². The number of para-hydroxylation sites is 1. The van der Waals surface area contributed by atoms with Gasteiger partial charge in [-0.1, -0.05) is 19.9 Å². The molecule has 3 unspecified atom stereocenters. The summed E-state index contributed by atoms with van der Waals surface area (Å²) in [5.74, 6) is -0.290. The van der Waals surface area contributed by atoms with Crippen LogP contribution in [0, 0.1) is 22.0 Å². The van der Waals surface area contributed by atoms with Crippen LogP contribution in [0.25, 0.3) is 0 Å². The molecule has 1 N–H and O–H groups in total. The lowest BCUT2D eigenvalue weighted by atomic mass is 9.80. The van der Waals surface area contributed by atoms with E-state index in [1.807, 2.05) is 0 Å². The minimum absolute atomic E-state index is 0.123. The Kier molecular flexibility index (Phi) is 4.45. The van der Waals surface area contributed by atoms with Gasteiger partial charge in [0.05, 0.1) is 11.0 Å². The minimum Gasteiger partial charge on any atom is -0.483 e. The quantitative estimate of drug-likeness (QED) is 0.677. The molecule has 0 amide bonds. The monoisotopic (exact) mass is 293 g/mol. The van der Waals surface area contributed by atoms with Gasteiger partial charge in [0.2, 0.25) is 5.75 Å². The first kappa shape index (κ1) is 15.3. The summed E-state index contributed by atoms with van der Waals surface area (Å²) in [4.78, 5) is 21.7. The number of nitro benzene ring substituents is 1. The highest BCUT2D eigenvalue weighted by molar-refractivity contribution is 5.92. The first-order valence-electron chi connectivity index (χ1n) is 7.07. The maximum absolute atomic E-state index is 11.3. The lowest BCUT2D eigenvalue weighted by molar-refractivity contribution is -0.386. The first-order chi connectivity index (χ1) is 9.90. The number of nitrogens with zero attached hydrogens (tertiary/aromatic N) is 1. The number of carboxylic acid groups (broad SMARTS) is 1. The number of carbonyl (C=O) groups is 1. The molecule has 6 nitrogen and oxygen atoms in total. The molecule has 3 atom stereocenters. The third-order valence-corrected chi connectivity index (χ3v) is 4.26. The Morgan fingerprint density at radius 2 is 2.05 bits per heavy atom. The number of hydrogen-bond donors (Lipinski definition) is 1. The van der Waals surface area contributed by atoms with Gasteiger partial charge in [0, 0.05) is 6.07 Å². The zero-order valence-electron chi connectivity index (χ0n) is 12.1. The van der Waals surface area contributed by atoms with Crippen LogP contribution in [0.3, 0.4) is 0 Å². The van der Waals surface area contributed by atoms with E-state index in [-0.39, 0.29) is 23.1 Å². The predicted molar refractivity (Wildman–Crippen MR) is 76.7 cm³/mol. The van der Waals surface area contributed by atoms with E-state index in [1.165, 1.54) is 18.2 Å². The number of benzene rings is 1. The molecular formula is C15H19NO5. The average molecular weight is 293 g/mol. The standard InChI is InChI=1S/C15H19NO5/c1-9-6-7-11(8-10(9)2)21-14-12(15(17)18)4-3-5-13(14)16(19)20/h3-5,9-11H,6-8H2,1-2H3,(H,17,18). The molecular weight excluding hydrogens is 274 g/mol. The normalized spacial score (nSPS) is 25.3. The lowest BCUT2D eigenvalue weighted by Crippen LogP contribution is -2.29. The summed E-state index contributed by atoms with van der Waals surface area (Å²) in [6.45, 7) is 4.30. The third kappa shape index (κ3) is 3.32. The third-order valence-electron chi connectivity index (χ3n) is 4.26. The van der Waals surface area contributed by atoms with E-state index < -0.39 is 10.9 Å². The smallest absolute Gasteiger partial charge is 0.339 e. The molecule has 1 saturated carbocycles. The molecule has 1 aliphatic rings. The number of aromatic carboxylic acids is 1. The number of nitro groups is 1. The molecule has 0 aliphatic heterocycles. The van der Waals surface area contributed by atoms with Gasteiger partial charge in [0.15, 0.2) is 0 Å². The summed E-state index contributed by atoms with van der Waals surface area (Å²) in [6.07, 6.45) is 2.38. The minimum atomic E-state index is -1.22. The second-order valence-electron chi connectivity index (χ2n) is 5.72. The molecule has 0 saturated heterocycles. The summed E-state index contributed by atoms with van der Waals surface area (Å²) in [5, 5.41) is 20.3. The van der Waals surface area contributed by atoms with Gasteiger partial charge in [0.25, 0.3) is 0 Å². The maximum Gasteiger partial charge on any atom is 0.339 e. The molecule has 0 aromatic heterocycles. The van der Waals surface area contributed by atoms with E-state index in [0.717, 1.165) is 19.3 Å². The van der Waals surface area contributed by atoms with Crippen molar-refractivity contribution < 1.29 is 19.6 Å². The molecule has 1 aromatic rings. The van der Waals surface area contributed by atoms with E-state index in [9.17, 15) is 20.0 Å². The van der Waals surface area contributed by atoms with Crippen molar-refractivity contribution in [1.29, 1.82) is 0 Å². The Labute approximate surface area is 122 Å². The zero-order chi connectivity index (χ0) is 15.6. The van der Waals surface area contributed by atoms with E-state index in [0.29, 0.717) is 11.8 Å². The van der Waals surface area contributed by atoms with Crippen LogP contribution in [0.15, 0.2) is 18.2 Å². The summed E-state index contributed by atoms with van der Waals surface area (Å²) in [7, 11) is 0. The summed E-state index contributed by atoms with van der Waals surface area (Å²) in [6, 6.07) is 3.97. The molecule has 0 radical (unpaired) electrons. The number of carboxylic acids is 1. The van der Waals surface area contributed by atoms with Gasteiger partial charge in [-0.2, -0.15) is 0 Å². The molecule has 1 aliphatic carbocycles. The van der Waals surface area contributed by atoms with Crippen molar-refractivity contribution >= 4 is 11.7 Å². The summed E-state index contributed by atoms with van der Waals surface area (Å²) in [5.41, 5.74) is -0.448. The fourth-order valence-corrected chi connectivity index (χ4v) is 2.73. The second-order valence-corrected chi connectivity index (χ2v) is 5.72. The molecule has 21 heavy (non-hydrogen) atoms. The van der Waals surface area contributed by atoms with Gasteiger partial charge in [0.1, 0.15) is 5.56 Å². The van der Waals surface area contributed by atoms with Crippen molar-refractivity contribution in [2.75, 3.05) is 0 Å². The average Bonchev–Trinajstić information content (AvgIpc) is 2.42. The number of rotatable bonds is 4. The topological polar surface area (TPSA) is 89.7 Å². The molecule has 114 valence electrons. The van der Waals surface area contributed by atoms with Crippen LogP contribution >= 0.6 is 0 Å². The molecule has 6 heteroatoms. The lowest BCUT2D eigenvalue weighted by Gasteiger charge is -2.32. The van der Waals surface area contributed by atoms with Crippen LogP contribution in [0.5, 0.6) is 5.75 Å². The highest BCUT2D eigenvalue weighted by Gasteiger charge is 2.30. The Morgan fingerprint density at radius 1 is 1.33 bits per heavy atom. The molecule has 0 bridgehead atoms. The molecule has 1 aromatic carbocycles. The molecule has 0 heterocycles. The van der Waals surface area contributed by atoms with Crippen LogP contribution in [0.1, 0.15) is 43.5 Å². The van der Waals surface area contributed by atoms with E-state index in [2.05, 4.69) is 13.8 Å². The molecule has 0 spiro atoms. The van der Waals surface area contributed by atoms with E-state index >= 15 is 0 Å². The fraction of sp³-hybridized carbons (Fsp3) is 0.533. The predicted octanol–water partition coefficient (Wildman–Crippen LogP) is 3.50. The van der Waals surface area contributed by atoms with Gasteiger partial charge in [-0.05, 0) is 37.2 Å². The molecule has 1 fully saturated rings. The van der Waals surface area contributed by atoms with Crippen molar-refractivity contribution in [3.63, 3.8) is 0 Å². The zero-order valence-corrected chi connectivity index (χ0v) is 12.1. The Bertz CT molecular complexity index is 525. The van der Waals surface area contributed by atoms with Gasteiger partial charge in [-0.3, -0.25) is 10.1 Å². The SMILES string of the molecule is CC1CCC(Oc2c(C(=O)O)cccc2[N+](=O)[O-])CC1C. The molecule has 2 rings (SSSR count). The van der Waals surface area contributed by atoms with Crippen molar-refractivity contribution in [1.82, 2.24) is 0 Å². The van der Waals surface area contributed by atoms with Crippen molar-refractivity contribution in [3.8, 4) is 5.75 Å². The summed E-state index contributed by atoms with van der Waals surface area (Å²) >= 11 is 0. The Hall–Kier alpha value is -2.11. The largest absolute Gasteiger partial charge is 0.483 e. The Morgan fingerprint density at radius 3 is 2.62 bits per heavy atom. The number of hydrogen-bond acceptors (Lipinski definition) is 4. The van der Waals surface area contributed by atoms with Gasteiger partial charge in [-0.25, -0.2) is 4.79 Å². The van der Waals surface area contributed by atoms with Gasteiger partial charge in [-0.15, -0.1) is 0 Å². The highest BCUT2D eigenvalue weighted by Crippen LogP contribution is 2.36. The van der Waals surface area contributed by atoms with E-state index in [4.69, 9.17) is 4.74 Å². The first-order valence-corrected chi connectivity index (χ1v) is 7.07.